The van der Waals surface area contributed by atoms with Crippen molar-refractivity contribution < 1.29 is 13.9 Å². The van der Waals surface area contributed by atoms with Crippen LogP contribution >= 0.6 is 0 Å². The Morgan fingerprint density at radius 1 is 1.39 bits per heavy atom. The first kappa shape index (κ1) is 14.5. The normalized spacial score (nSPS) is 10.5. The van der Waals surface area contributed by atoms with Crippen molar-refractivity contribution in [2.75, 3.05) is 13.7 Å². The number of carbonyl (C=O) groups excluding carboxylic acids is 1. The zero-order valence-corrected chi connectivity index (χ0v) is 11.1. The summed E-state index contributed by atoms with van der Waals surface area (Å²) in [4.78, 5) is 11.8. The average molecular weight is 253 g/mol. The molecule has 0 radical (unpaired) electrons. The first-order valence-corrected chi connectivity index (χ1v) is 6.24. The zero-order valence-electron chi connectivity index (χ0n) is 11.1. The van der Waals surface area contributed by atoms with E-state index in [0.29, 0.717) is 18.0 Å². The molecule has 1 N–H and O–H groups in total. The van der Waals surface area contributed by atoms with Crippen LogP contribution in [0.25, 0.3) is 0 Å². The van der Waals surface area contributed by atoms with E-state index in [4.69, 9.17) is 4.74 Å². The molecule has 0 aliphatic heterocycles. The molecule has 0 saturated heterocycles. The third-order valence-corrected chi connectivity index (χ3v) is 3.12. The van der Waals surface area contributed by atoms with E-state index in [9.17, 15) is 9.18 Å². The number of carbonyl (C=O) groups is 1. The van der Waals surface area contributed by atoms with Crippen molar-refractivity contribution in [2.45, 2.75) is 26.7 Å². The standard InChI is InChI=1S/C14H20FNO2/c1-4-10(5-2)9-16-14(17)11-6-7-13(18-3)12(15)8-11/h6-8,10H,4-5,9H2,1-3H3,(H,16,17). The van der Waals surface area contributed by atoms with Gasteiger partial charge in [0.25, 0.3) is 5.91 Å². The smallest absolute Gasteiger partial charge is 0.251 e. The van der Waals surface area contributed by atoms with Gasteiger partial charge < -0.3 is 10.1 Å². The second kappa shape index (κ2) is 6.99. The predicted molar refractivity (Wildman–Crippen MR) is 69.4 cm³/mol. The summed E-state index contributed by atoms with van der Waals surface area (Å²) >= 11 is 0. The van der Waals surface area contributed by atoms with E-state index in [0.717, 1.165) is 12.8 Å². The topological polar surface area (TPSA) is 38.3 Å². The highest BCUT2D eigenvalue weighted by Crippen LogP contribution is 2.17. The number of hydrogen-bond acceptors (Lipinski definition) is 2. The summed E-state index contributed by atoms with van der Waals surface area (Å²) in [7, 11) is 1.39. The Morgan fingerprint density at radius 3 is 2.56 bits per heavy atom. The van der Waals surface area contributed by atoms with Crippen LogP contribution in [0, 0.1) is 11.7 Å². The molecule has 0 saturated carbocycles. The fourth-order valence-electron chi connectivity index (χ4n) is 1.72. The Labute approximate surface area is 107 Å². The van der Waals surface area contributed by atoms with E-state index in [2.05, 4.69) is 19.2 Å². The Hall–Kier alpha value is -1.58. The zero-order chi connectivity index (χ0) is 13.5. The quantitative estimate of drug-likeness (QED) is 0.846. The van der Waals surface area contributed by atoms with Gasteiger partial charge >= 0.3 is 0 Å². The number of hydrogen-bond donors (Lipinski definition) is 1. The van der Waals surface area contributed by atoms with Crippen LogP contribution in [0.3, 0.4) is 0 Å². The molecule has 4 heteroatoms. The molecule has 100 valence electrons. The van der Waals surface area contributed by atoms with E-state index >= 15 is 0 Å². The number of ether oxygens (including phenoxy) is 1. The van der Waals surface area contributed by atoms with Gasteiger partial charge in [-0.3, -0.25) is 4.79 Å². The van der Waals surface area contributed by atoms with Gasteiger partial charge in [-0.15, -0.1) is 0 Å². The Kier molecular flexibility index (Phi) is 5.62. The summed E-state index contributed by atoms with van der Waals surface area (Å²) in [5.41, 5.74) is 0.319. The van der Waals surface area contributed by atoms with Gasteiger partial charge in [-0.1, -0.05) is 26.7 Å². The maximum atomic E-state index is 13.4. The van der Waals surface area contributed by atoms with Gasteiger partial charge in [0.15, 0.2) is 11.6 Å². The number of halogens is 1. The molecule has 18 heavy (non-hydrogen) atoms. The molecule has 0 heterocycles. The predicted octanol–water partition coefficient (Wildman–Crippen LogP) is 3.00. The van der Waals surface area contributed by atoms with Crippen LogP contribution in [0.15, 0.2) is 18.2 Å². The van der Waals surface area contributed by atoms with Gasteiger partial charge in [0.2, 0.25) is 0 Å². The number of rotatable bonds is 6. The van der Waals surface area contributed by atoms with Crippen LogP contribution in [0.4, 0.5) is 4.39 Å². The molecule has 1 aromatic carbocycles. The van der Waals surface area contributed by atoms with Gasteiger partial charge in [0, 0.05) is 12.1 Å². The first-order chi connectivity index (χ1) is 8.62. The Bertz CT molecular complexity index is 403. The fourth-order valence-corrected chi connectivity index (χ4v) is 1.72. The highest BCUT2D eigenvalue weighted by Gasteiger charge is 2.11. The summed E-state index contributed by atoms with van der Waals surface area (Å²) in [6, 6.07) is 4.21. The van der Waals surface area contributed by atoms with Crippen LogP contribution in [-0.4, -0.2) is 19.6 Å². The molecule has 1 amide bonds. The van der Waals surface area contributed by atoms with Crippen molar-refractivity contribution in [3.8, 4) is 5.75 Å². The second-order valence-electron chi connectivity index (χ2n) is 4.24. The lowest BCUT2D eigenvalue weighted by atomic mass is 10.0. The largest absolute Gasteiger partial charge is 0.494 e. The van der Waals surface area contributed by atoms with E-state index in [1.807, 2.05) is 0 Å². The molecule has 0 bridgehead atoms. The SMILES string of the molecule is CCC(CC)CNC(=O)c1ccc(OC)c(F)c1. The van der Waals surface area contributed by atoms with E-state index < -0.39 is 5.82 Å². The molecular formula is C14H20FNO2. The molecule has 0 spiro atoms. The van der Waals surface area contributed by atoms with Gasteiger partial charge in [0.1, 0.15) is 0 Å². The van der Waals surface area contributed by atoms with Crippen LogP contribution in [-0.2, 0) is 0 Å². The average Bonchev–Trinajstić information content (AvgIpc) is 2.39. The second-order valence-corrected chi connectivity index (χ2v) is 4.24. The molecule has 0 fully saturated rings. The lowest BCUT2D eigenvalue weighted by Crippen LogP contribution is -2.28. The minimum atomic E-state index is -0.521. The van der Waals surface area contributed by atoms with Gasteiger partial charge in [-0.2, -0.15) is 0 Å². The molecule has 0 aliphatic carbocycles. The van der Waals surface area contributed by atoms with Crippen molar-refractivity contribution in [3.63, 3.8) is 0 Å². The minimum absolute atomic E-state index is 0.145. The van der Waals surface area contributed by atoms with Gasteiger partial charge in [0.05, 0.1) is 7.11 Å². The van der Waals surface area contributed by atoms with Crippen molar-refractivity contribution in [2.24, 2.45) is 5.92 Å². The lowest BCUT2D eigenvalue weighted by Gasteiger charge is -2.13. The lowest BCUT2D eigenvalue weighted by molar-refractivity contribution is 0.0946. The molecule has 1 aromatic rings. The molecular weight excluding hydrogens is 233 g/mol. The van der Waals surface area contributed by atoms with Crippen molar-refractivity contribution in [1.82, 2.24) is 5.32 Å². The highest BCUT2D eigenvalue weighted by atomic mass is 19.1. The number of nitrogens with one attached hydrogen (secondary N) is 1. The molecule has 0 atom stereocenters. The van der Waals surface area contributed by atoms with Gasteiger partial charge in [-0.25, -0.2) is 4.39 Å². The highest BCUT2D eigenvalue weighted by molar-refractivity contribution is 5.94. The summed E-state index contributed by atoms with van der Waals surface area (Å²) in [6.07, 6.45) is 2.04. The van der Waals surface area contributed by atoms with Gasteiger partial charge in [-0.05, 0) is 24.1 Å². The minimum Gasteiger partial charge on any atom is -0.494 e. The van der Waals surface area contributed by atoms with Crippen LogP contribution in [0.5, 0.6) is 5.75 Å². The molecule has 1 rings (SSSR count). The summed E-state index contributed by atoms with van der Waals surface area (Å²) in [5, 5.41) is 2.82. The summed E-state index contributed by atoms with van der Waals surface area (Å²) < 4.78 is 18.2. The summed E-state index contributed by atoms with van der Waals surface area (Å²) in [6.45, 7) is 4.81. The van der Waals surface area contributed by atoms with Crippen LogP contribution in [0.2, 0.25) is 0 Å². The molecule has 0 aliphatic rings. The molecule has 3 nitrogen and oxygen atoms in total. The van der Waals surface area contributed by atoms with Crippen molar-refractivity contribution >= 4 is 5.91 Å². The third kappa shape index (κ3) is 3.72. The maximum Gasteiger partial charge on any atom is 0.251 e. The van der Waals surface area contributed by atoms with E-state index in [1.165, 1.54) is 19.2 Å². The molecule has 0 aromatic heterocycles. The number of amides is 1. The number of benzene rings is 1. The monoisotopic (exact) mass is 253 g/mol. The molecule has 0 unspecified atom stereocenters. The van der Waals surface area contributed by atoms with Crippen molar-refractivity contribution in [1.29, 1.82) is 0 Å². The summed E-state index contributed by atoms with van der Waals surface area (Å²) in [5.74, 6) is -0.153. The first-order valence-electron chi connectivity index (χ1n) is 6.24. The van der Waals surface area contributed by atoms with Crippen LogP contribution < -0.4 is 10.1 Å². The van der Waals surface area contributed by atoms with E-state index in [-0.39, 0.29) is 11.7 Å². The number of methoxy groups -OCH3 is 1. The van der Waals surface area contributed by atoms with Crippen molar-refractivity contribution in [3.05, 3.63) is 29.6 Å². The van der Waals surface area contributed by atoms with E-state index in [1.54, 1.807) is 6.07 Å². The Morgan fingerprint density at radius 2 is 2.06 bits per heavy atom. The van der Waals surface area contributed by atoms with Crippen LogP contribution in [0.1, 0.15) is 37.0 Å². The third-order valence-electron chi connectivity index (χ3n) is 3.12. The maximum absolute atomic E-state index is 13.4. The Balaban J connectivity index is 2.64. The fraction of sp³-hybridized carbons (Fsp3) is 0.500.